The predicted molar refractivity (Wildman–Crippen MR) is 97.9 cm³/mol. The number of benzene rings is 2. The number of aromatic amines is 1. The summed E-state index contributed by atoms with van der Waals surface area (Å²) in [4.78, 5) is 16.8. The highest BCUT2D eigenvalue weighted by molar-refractivity contribution is 8.00. The van der Waals surface area contributed by atoms with Crippen molar-refractivity contribution in [2.75, 3.05) is 5.32 Å². The van der Waals surface area contributed by atoms with Gasteiger partial charge in [0, 0.05) is 5.69 Å². The van der Waals surface area contributed by atoms with E-state index in [0.717, 1.165) is 5.56 Å². The Hall–Kier alpha value is -2.69. The number of nitrogens with one attached hydrogen (secondary N) is 2. The Morgan fingerprint density at radius 3 is 2.38 bits per heavy atom. The van der Waals surface area contributed by atoms with Gasteiger partial charge in [0.25, 0.3) is 0 Å². The van der Waals surface area contributed by atoms with E-state index in [1.165, 1.54) is 42.4 Å². The number of H-pyrrole nitrogens is 1. The van der Waals surface area contributed by atoms with E-state index in [1.54, 1.807) is 0 Å². The van der Waals surface area contributed by atoms with Gasteiger partial charge in [-0.25, -0.2) is 18.5 Å². The molecule has 0 aliphatic rings. The molecule has 134 valence electrons. The maximum absolute atomic E-state index is 12.8. The number of rotatable bonds is 6. The van der Waals surface area contributed by atoms with Crippen molar-refractivity contribution < 1.29 is 13.2 Å². The first-order chi connectivity index (χ1) is 12.4. The van der Waals surface area contributed by atoms with Crippen molar-refractivity contribution in [1.29, 1.82) is 0 Å². The van der Waals surface area contributed by atoms with Crippen LogP contribution in [-0.4, -0.2) is 29.5 Å². The molecule has 0 fully saturated rings. The van der Waals surface area contributed by atoms with Crippen LogP contribution in [-0.2, 0) is 14.8 Å². The van der Waals surface area contributed by atoms with Crippen molar-refractivity contribution in [2.24, 2.45) is 5.14 Å². The Labute approximate surface area is 154 Å². The van der Waals surface area contributed by atoms with Gasteiger partial charge in [-0.3, -0.25) is 9.89 Å². The third kappa shape index (κ3) is 4.48. The molecule has 0 radical (unpaired) electrons. The SMILES string of the molecule is NS(=O)(=O)c1ccc(NC(=O)C(Sc2ncn[nH]2)c2ccccc2)cc1. The first-order valence-corrected chi connectivity index (χ1v) is 9.87. The molecule has 8 nitrogen and oxygen atoms in total. The van der Waals surface area contributed by atoms with Gasteiger partial charge in [0.1, 0.15) is 11.6 Å². The summed E-state index contributed by atoms with van der Waals surface area (Å²) in [7, 11) is -3.78. The maximum atomic E-state index is 12.8. The normalized spacial score (nSPS) is 12.5. The molecule has 10 heteroatoms. The second-order valence-electron chi connectivity index (χ2n) is 5.26. The Kier molecular flexibility index (Phi) is 5.35. The lowest BCUT2D eigenvalue weighted by Gasteiger charge is -2.15. The van der Waals surface area contributed by atoms with Crippen LogP contribution in [0.1, 0.15) is 10.8 Å². The molecule has 1 aromatic heterocycles. The number of anilines is 1. The van der Waals surface area contributed by atoms with Crippen molar-refractivity contribution in [3.8, 4) is 0 Å². The summed E-state index contributed by atoms with van der Waals surface area (Å²) in [6.07, 6.45) is 1.37. The van der Waals surface area contributed by atoms with Crippen LogP contribution in [0, 0.1) is 0 Å². The summed E-state index contributed by atoms with van der Waals surface area (Å²) >= 11 is 1.23. The minimum Gasteiger partial charge on any atom is -0.325 e. The van der Waals surface area contributed by atoms with Gasteiger partial charge in [-0.05, 0) is 29.8 Å². The summed E-state index contributed by atoms with van der Waals surface area (Å²) in [5, 5.41) is 14.3. The number of nitrogens with two attached hydrogens (primary N) is 1. The van der Waals surface area contributed by atoms with Crippen LogP contribution >= 0.6 is 11.8 Å². The number of nitrogens with zero attached hydrogens (tertiary/aromatic N) is 2. The number of primary sulfonamides is 1. The lowest BCUT2D eigenvalue weighted by molar-refractivity contribution is -0.115. The van der Waals surface area contributed by atoms with E-state index >= 15 is 0 Å². The number of carbonyl (C=O) groups excluding carboxylic acids is 1. The van der Waals surface area contributed by atoms with Crippen LogP contribution in [0.2, 0.25) is 0 Å². The van der Waals surface area contributed by atoms with Crippen LogP contribution in [0.3, 0.4) is 0 Å². The fraction of sp³-hybridized carbons (Fsp3) is 0.0625. The molecule has 1 atom stereocenters. The highest BCUT2D eigenvalue weighted by Gasteiger charge is 2.23. The number of thioether (sulfide) groups is 1. The van der Waals surface area contributed by atoms with E-state index < -0.39 is 15.3 Å². The highest BCUT2D eigenvalue weighted by atomic mass is 32.2. The molecule has 1 unspecified atom stereocenters. The van der Waals surface area contributed by atoms with Crippen LogP contribution in [0.4, 0.5) is 5.69 Å². The number of sulfonamides is 1. The second kappa shape index (κ2) is 7.68. The molecule has 0 aliphatic heterocycles. The number of hydrogen-bond donors (Lipinski definition) is 3. The molecule has 0 spiro atoms. The molecule has 0 aliphatic carbocycles. The lowest BCUT2D eigenvalue weighted by atomic mass is 10.1. The molecule has 2 aromatic carbocycles. The standard InChI is InChI=1S/C16H15N5O3S2/c17-26(23,24)13-8-6-12(7-9-13)20-15(22)14(11-4-2-1-3-5-11)25-16-18-10-19-21-16/h1-10,14H,(H,20,22)(H2,17,23,24)(H,18,19,21). The maximum Gasteiger partial charge on any atom is 0.242 e. The van der Waals surface area contributed by atoms with Crippen molar-refractivity contribution in [3.05, 3.63) is 66.5 Å². The van der Waals surface area contributed by atoms with Crippen molar-refractivity contribution in [3.63, 3.8) is 0 Å². The Morgan fingerprint density at radius 2 is 1.81 bits per heavy atom. The third-order valence-electron chi connectivity index (χ3n) is 3.41. The van der Waals surface area contributed by atoms with Gasteiger partial charge in [-0.15, -0.1) is 0 Å². The summed E-state index contributed by atoms with van der Waals surface area (Å²) in [6.45, 7) is 0. The summed E-state index contributed by atoms with van der Waals surface area (Å²) in [5.74, 6) is -0.277. The van der Waals surface area contributed by atoms with Gasteiger partial charge in [0.05, 0.1) is 4.90 Å². The summed E-state index contributed by atoms with van der Waals surface area (Å²) in [6, 6.07) is 14.9. The number of carbonyl (C=O) groups is 1. The monoisotopic (exact) mass is 389 g/mol. The molecule has 4 N–H and O–H groups in total. The van der Waals surface area contributed by atoms with E-state index in [2.05, 4.69) is 20.5 Å². The smallest absolute Gasteiger partial charge is 0.242 e. The molecule has 1 amide bonds. The lowest BCUT2D eigenvalue weighted by Crippen LogP contribution is -2.19. The van der Waals surface area contributed by atoms with E-state index in [-0.39, 0.29) is 10.8 Å². The first-order valence-electron chi connectivity index (χ1n) is 7.44. The molecule has 0 saturated heterocycles. The molecule has 3 rings (SSSR count). The second-order valence-corrected chi connectivity index (χ2v) is 7.91. The topological polar surface area (TPSA) is 131 Å². The van der Waals surface area contributed by atoms with E-state index in [9.17, 15) is 13.2 Å². The van der Waals surface area contributed by atoms with Crippen LogP contribution in [0.5, 0.6) is 0 Å². The predicted octanol–water partition coefficient (Wildman–Crippen LogP) is 1.92. The molecule has 26 heavy (non-hydrogen) atoms. The largest absolute Gasteiger partial charge is 0.325 e. The zero-order valence-corrected chi connectivity index (χ0v) is 15.0. The summed E-state index contributed by atoms with van der Waals surface area (Å²) in [5.41, 5.74) is 1.26. The Morgan fingerprint density at radius 1 is 1.12 bits per heavy atom. The van der Waals surface area contributed by atoms with Gasteiger partial charge in [0.2, 0.25) is 15.9 Å². The minimum atomic E-state index is -3.78. The summed E-state index contributed by atoms with van der Waals surface area (Å²) < 4.78 is 22.6. The van der Waals surface area contributed by atoms with Crippen molar-refractivity contribution >= 4 is 33.4 Å². The number of aromatic nitrogens is 3. The number of amides is 1. The van der Waals surface area contributed by atoms with E-state index in [1.807, 2.05) is 30.3 Å². The first kappa shape index (κ1) is 18.1. The molecule has 0 saturated carbocycles. The van der Waals surface area contributed by atoms with Crippen LogP contribution in [0.25, 0.3) is 0 Å². The third-order valence-corrected chi connectivity index (χ3v) is 5.48. The minimum absolute atomic E-state index is 0.0221. The van der Waals surface area contributed by atoms with Crippen LogP contribution < -0.4 is 10.5 Å². The molecular formula is C16H15N5O3S2. The van der Waals surface area contributed by atoms with Crippen molar-refractivity contribution in [1.82, 2.24) is 15.2 Å². The quantitative estimate of drug-likeness (QED) is 0.552. The van der Waals surface area contributed by atoms with Crippen molar-refractivity contribution in [2.45, 2.75) is 15.3 Å². The zero-order valence-electron chi connectivity index (χ0n) is 13.4. The fourth-order valence-electron chi connectivity index (χ4n) is 2.20. The highest BCUT2D eigenvalue weighted by Crippen LogP contribution is 2.34. The van der Waals surface area contributed by atoms with Gasteiger partial charge >= 0.3 is 0 Å². The van der Waals surface area contributed by atoms with E-state index in [0.29, 0.717) is 10.8 Å². The average molecular weight is 389 g/mol. The Balaban J connectivity index is 1.81. The number of hydrogen-bond acceptors (Lipinski definition) is 6. The fourth-order valence-corrected chi connectivity index (χ4v) is 3.61. The van der Waals surface area contributed by atoms with Gasteiger partial charge in [-0.2, -0.15) is 5.10 Å². The molecule has 0 bridgehead atoms. The van der Waals surface area contributed by atoms with Gasteiger partial charge < -0.3 is 5.32 Å². The van der Waals surface area contributed by atoms with Crippen LogP contribution in [0.15, 0.2) is 71.0 Å². The average Bonchev–Trinajstić information content (AvgIpc) is 3.13. The van der Waals surface area contributed by atoms with Gasteiger partial charge in [-0.1, -0.05) is 42.1 Å². The Bertz CT molecular complexity index is 974. The van der Waals surface area contributed by atoms with E-state index in [4.69, 9.17) is 5.14 Å². The van der Waals surface area contributed by atoms with Gasteiger partial charge in [0.15, 0.2) is 5.16 Å². The zero-order chi connectivity index (χ0) is 18.6. The molecule has 1 heterocycles. The molecular weight excluding hydrogens is 374 g/mol. The molecule has 3 aromatic rings.